The molecular weight excluding hydrogens is 319 g/mol. The van der Waals surface area contributed by atoms with E-state index in [-0.39, 0.29) is 6.42 Å². The molecule has 0 unspecified atom stereocenters. The predicted octanol–water partition coefficient (Wildman–Crippen LogP) is 4.52. The van der Waals surface area contributed by atoms with E-state index in [1.165, 1.54) is 11.3 Å². The first-order chi connectivity index (χ1) is 9.47. The number of carboxylic acid groups (broad SMARTS) is 1. The van der Waals surface area contributed by atoms with E-state index < -0.39 is 5.97 Å². The van der Waals surface area contributed by atoms with E-state index in [0.29, 0.717) is 27.3 Å². The van der Waals surface area contributed by atoms with Crippen LogP contribution >= 0.6 is 34.5 Å². The van der Waals surface area contributed by atoms with E-state index in [0.717, 1.165) is 10.6 Å². The summed E-state index contributed by atoms with van der Waals surface area (Å²) in [7, 11) is 0. The number of anilines is 2. The second-order valence-corrected chi connectivity index (χ2v) is 6.04. The zero-order valence-corrected chi connectivity index (χ0v) is 12.9. The Labute approximate surface area is 130 Å². The lowest BCUT2D eigenvalue weighted by molar-refractivity contribution is -0.136. The molecule has 0 saturated heterocycles. The molecule has 2 rings (SSSR count). The molecule has 2 aromatic rings. The molecule has 0 saturated carbocycles. The van der Waals surface area contributed by atoms with Crippen molar-refractivity contribution in [2.24, 2.45) is 0 Å². The van der Waals surface area contributed by atoms with Crippen LogP contribution in [0.25, 0.3) is 0 Å². The molecule has 0 aliphatic heterocycles. The van der Waals surface area contributed by atoms with Gasteiger partial charge in [-0.1, -0.05) is 29.3 Å². The molecule has 0 radical (unpaired) electrons. The summed E-state index contributed by atoms with van der Waals surface area (Å²) < 4.78 is 0. The Hall–Kier alpha value is -1.30. The Bertz CT molecular complexity index is 623. The topological polar surface area (TPSA) is 62.2 Å². The largest absolute Gasteiger partial charge is 0.481 e. The van der Waals surface area contributed by atoms with Crippen molar-refractivity contribution in [2.45, 2.75) is 19.8 Å². The molecule has 1 heterocycles. The average molecular weight is 331 g/mol. The zero-order valence-electron chi connectivity index (χ0n) is 10.6. The minimum absolute atomic E-state index is 0.0926. The lowest BCUT2D eigenvalue weighted by Crippen LogP contribution is -1.96. The molecular formula is C13H12Cl2N2O2S. The predicted molar refractivity (Wildman–Crippen MR) is 82.6 cm³/mol. The maximum absolute atomic E-state index is 10.6. The summed E-state index contributed by atoms with van der Waals surface area (Å²) >= 11 is 13.6. The molecule has 0 aliphatic carbocycles. The lowest BCUT2D eigenvalue weighted by Gasteiger charge is -2.06. The van der Waals surface area contributed by atoms with Crippen LogP contribution in [0.4, 0.5) is 10.8 Å². The van der Waals surface area contributed by atoms with Crippen molar-refractivity contribution in [3.8, 4) is 0 Å². The van der Waals surface area contributed by atoms with Crippen molar-refractivity contribution >= 4 is 51.3 Å². The number of nitrogens with one attached hydrogen (secondary N) is 1. The quantitative estimate of drug-likeness (QED) is 0.846. The van der Waals surface area contributed by atoms with Crippen LogP contribution in [0.5, 0.6) is 0 Å². The second-order valence-electron chi connectivity index (χ2n) is 4.14. The Kier molecular flexibility index (Phi) is 4.86. The first kappa shape index (κ1) is 15.1. The Morgan fingerprint density at radius 1 is 1.40 bits per heavy atom. The molecule has 106 valence electrons. The van der Waals surface area contributed by atoms with E-state index in [1.807, 2.05) is 6.92 Å². The molecule has 0 spiro atoms. The van der Waals surface area contributed by atoms with Gasteiger partial charge in [-0.2, -0.15) is 0 Å². The second kappa shape index (κ2) is 6.43. The Balaban J connectivity index is 2.18. The van der Waals surface area contributed by atoms with Crippen LogP contribution in [0.15, 0.2) is 18.2 Å². The zero-order chi connectivity index (χ0) is 14.7. The first-order valence-corrected chi connectivity index (χ1v) is 7.43. The Morgan fingerprint density at radius 3 is 2.65 bits per heavy atom. The molecule has 0 aliphatic rings. The molecule has 2 N–H and O–H groups in total. The number of halogens is 2. The summed E-state index contributed by atoms with van der Waals surface area (Å²) in [6, 6.07) is 5.24. The standard InChI is InChI=1S/C13H12Cl2N2O2S/c1-7-10(5-6-11(18)19)20-13(16-7)17-12-8(14)3-2-4-9(12)15/h2-4H,5-6H2,1H3,(H,16,17)(H,18,19). The molecule has 0 amide bonds. The maximum Gasteiger partial charge on any atom is 0.303 e. The van der Waals surface area contributed by atoms with E-state index in [1.54, 1.807) is 18.2 Å². The number of thiazole rings is 1. The summed E-state index contributed by atoms with van der Waals surface area (Å²) in [5, 5.41) is 13.5. The third-order valence-corrected chi connectivity index (χ3v) is 4.42. The van der Waals surface area contributed by atoms with Crippen LogP contribution in [-0.4, -0.2) is 16.1 Å². The number of carbonyl (C=O) groups is 1. The van der Waals surface area contributed by atoms with Crippen LogP contribution in [0, 0.1) is 6.92 Å². The molecule has 0 atom stereocenters. The number of hydrogen-bond acceptors (Lipinski definition) is 4. The average Bonchev–Trinajstić information content (AvgIpc) is 2.72. The number of aromatic nitrogens is 1. The number of aliphatic carboxylic acids is 1. The van der Waals surface area contributed by atoms with E-state index >= 15 is 0 Å². The fourth-order valence-corrected chi connectivity index (χ4v) is 3.12. The molecule has 4 nitrogen and oxygen atoms in total. The minimum Gasteiger partial charge on any atom is -0.481 e. The first-order valence-electron chi connectivity index (χ1n) is 5.86. The van der Waals surface area contributed by atoms with Crippen LogP contribution in [-0.2, 0) is 11.2 Å². The van der Waals surface area contributed by atoms with E-state index in [2.05, 4.69) is 10.3 Å². The smallest absolute Gasteiger partial charge is 0.303 e. The van der Waals surface area contributed by atoms with Gasteiger partial charge in [-0.3, -0.25) is 4.79 Å². The highest BCUT2D eigenvalue weighted by Crippen LogP contribution is 2.34. The number of aryl methyl sites for hydroxylation is 2. The van der Waals surface area contributed by atoms with Crippen molar-refractivity contribution in [2.75, 3.05) is 5.32 Å². The molecule has 0 fully saturated rings. The van der Waals surface area contributed by atoms with Gasteiger partial charge >= 0.3 is 5.97 Å². The van der Waals surface area contributed by atoms with Crippen molar-refractivity contribution in [1.29, 1.82) is 0 Å². The number of hydrogen-bond donors (Lipinski definition) is 2. The fraction of sp³-hybridized carbons (Fsp3) is 0.231. The molecule has 0 bridgehead atoms. The third-order valence-electron chi connectivity index (χ3n) is 2.65. The summed E-state index contributed by atoms with van der Waals surface area (Å²) in [4.78, 5) is 15.9. The molecule has 20 heavy (non-hydrogen) atoms. The normalized spacial score (nSPS) is 10.6. The monoisotopic (exact) mass is 330 g/mol. The van der Waals surface area contributed by atoms with Crippen LogP contribution in [0.3, 0.4) is 0 Å². The highest BCUT2D eigenvalue weighted by Gasteiger charge is 2.12. The highest BCUT2D eigenvalue weighted by molar-refractivity contribution is 7.15. The van der Waals surface area contributed by atoms with Crippen molar-refractivity contribution in [3.05, 3.63) is 38.8 Å². The van der Waals surface area contributed by atoms with Crippen molar-refractivity contribution in [3.63, 3.8) is 0 Å². The van der Waals surface area contributed by atoms with E-state index in [9.17, 15) is 4.79 Å². The number of carboxylic acids is 1. The van der Waals surface area contributed by atoms with Gasteiger partial charge in [0.2, 0.25) is 0 Å². The maximum atomic E-state index is 10.6. The summed E-state index contributed by atoms with van der Waals surface area (Å²) in [5.74, 6) is -0.818. The SMILES string of the molecule is Cc1nc(Nc2c(Cl)cccc2Cl)sc1CCC(=O)O. The molecule has 7 heteroatoms. The molecule has 1 aromatic carbocycles. The van der Waals surface area contributed by atoms with Gasteiger partial charge < -0.3 is 10.4 Å². The molecule has 1 aromatic heterocycles. The van der Waals surface area contributed by atoms with Gasteiger partial charge in [0.1, 0.15) is 0 Å². The summed E-state index contributed by atoms with van der Waals surface area (Å²) in [6.45, 7) is 1.85. The van der Waals surface area contributed by atoms with Gasteiger partial charge in [0.05, 0.1) is 27.8 Å². The van der Waals surface area contributed by atoms with Gasteiger partial charge in [-0.25, -0.2) is 4.98 Å². The van der Waals surface area contributed by atoms with E-state index in [4.69, 9.17) is 28.3 Å². The minimum atomic E-state index is -0.818. The number of para-hydroxylation sites is 1. The highest BCUT2D eigenvalue weighted by atomic mass is 35.5. The van der Waals surface area contributed by atoms with Gasteiger partial charge in [0.15, 0.2) is 5.13 Å². The summed E-state index contributed by atoms with van der Waals surface area (Å²) in [6.07, 6.45) is 0.562. The lowest BCUT2D eigenvalue weighted by atomic mass is 10.2. The number of nitrogens with zero attached hydrogens (tertiary/aromatic N) is 1. The number of rotatable bonds is 5. The van der Waals surface area contributed by atoms with Gasteiger partial charge in [-0.15, -0.1) is 11.3 Å². The van der Waals surface area contributed by atoms with Crippen molar-refractivity contribution in [1.82, 2.24) is 4.98 Å². The van der Waals surface area contributed by atoms with Gasteiger partial charge in [-0.05, 0) is 25.5 Å². The van der Waals surface area contributed by atoms with Crippen LogP contribution < -0.4 is 5.32 Å². The summed E-state index contributed by atoms with van der Waals surface area (Å²) in [5.41, 5.74) is 1.43. The fourth-order valence-electron chi connectivity index (χ4n) is 1.66. The Morgan fingerprint density at radius 2 is 2.05 bits per heavy atom. The third kappa shape index (κ3) is 3.62. The van der Waals surface area contributed by atoms with Crippen LogP contribution in [0.1, 0.15) is 17.0 Å². The number of benzene rings is 1. The van der Waals surface area contributed by atoms with Gasteiger partial charge in [0, 0.05) is 4.88 Å². The van der Waals surface area contributed by atoms with Crippen LogP contribution in [0.2, 0.25) is 10.0 Å². The van der Waals surface area contributed by atoms with Crippen molar-refractivity contribution < 1.29 is 9.90 Å². The van der Waals surface area contributed by atoms with Gasteiger partial charge in [0.25, 0.3) is 0 Å².